The average Bonchev–Trinajstić information content (AvgIpc) is 3.27. The van der Waals surface area contributed by atoms with Crippen LogP contribution < -0.4 is 5.32 Å². The number of amides is 1. The molecule has 0 fully saturated rings. The molecule has 28 heavy (non-hydrogen) atoms. The van der Waals surface area contributed by atoms with Crippen LogP contribution in [0.1, 0.15) is 35.8 Å². The van der Waals surface area contributed by atoms with Crippen molar-refractivity contribution in [2.45, 2.75) is 26.3 Å². The molecule has 0 radical (unpaired) electrons. The van der Waals surface area contributed by atoms with Crippen LogP contribution in [0.4, 0.5) is 10.1 Å². The van der Waals surface area contributed by atoms with Gasteiger partial charge in [0, 0.05) is 12.7 Å². The van der Waals surface area contributed by atoms with Crippen molar-refractivity contribution < 1.29 is 9.18 Å². The Kier molecular flexibility index (Phi) is 5.89. The standard InChI is InChI=1S/C20H25FN6O/c1-14(2)19-18(12-23-27(19)17-7-5-15(21)6-8-17)20(28)24-16-11-22-26(13-16)10-9-25(3)4/h5-8,11-14H,9-10H2,1-4H3,(H,24,28). The van der Waals surface area contributed by atoms with Gasteiger partial charge in [-0.3, -0.25) is 9.48 Å². The Bertz CT molecular complexity index is 942. The number of aromatic nitrogens is 4. The number of rotatable bonds is 7. The number of anilines is 1. The molecule has 1 N–H and O–H groups in total. The number of carbonyl (C=O) groups is 1. The third kappa shape index (κ3) is 4.45. The van der Waals surface area contributed by atoms with E-state index in [1.165, 1.54) is 12.1 Å². The number of hydrogen-bond acceptors (Lipinski definition) is 4. The molecule has 1 aromatic carbocycles. The van der Waals surface area contributed by atoms with Gasteiger partial charge in [-0.05, 0) is 44.3 Å². The van der Waals surface area contributed by atoms with Crippen LogP contribution >= 0.6 is 0 Å². The monoisotopic (exact) mass is 384 g/mol. The molecule has 3 rings (SSSR count). The van der Waals surface area contributed by atoms with Crippen LogP contribution in [0.3, 0.4) is 0 Å². The van der Waals surface area contributed by atoms with E-state index < -0.39 is 0 Å². The molecule has 0 aliphatic rings. The molecule has 0 saturated carbocycles. The van der Waals surface area contributed by atoms with E-state index >= 15 is 0 Å². The zero-order chi connectivity index (χ0) is 20.3. The lowest BCUT2D eigenvalue weighted by atomic mass is 10.0. The molecule has 0 aliphatic heterocycles. The summed E-state index contributed by atoms with van der Waals surface area (Å²) in [6.07, 6.45) is 4.98. The van der Waals surface area contributed by atoms with Gasteiger partial charge in [-0.2, -0.15) is 10.2 Å². The third-order valence-corrected chi connectivity index (χ3v) is 4.34. The topological polar surface area (TPSA) is 68.0 Å². The van der Waals surface area contributed by atoms with Gasteiger partial charge in [0.1, 0.15) is 5.82 Å². The van der Waals surface area contributed by atoms with Gasteiger partial charge in [0.05, 0.1) is 41.6 Å². The summed E-state index contributed by atoms with van der Waals surface area (Å²) >= 11 is 0. The van der Waals surface area contributed by atoms with E-state index in [2.05, 4.69) is 20.4 Å². The van der Waals surface area contributed by atoms with Crippen LogP contribution in [0.15, 0.2) is 42.9 Å². The van der Waals surface area contributed by atoms with Gasteiger partial charge in [0.2, 0.25) is 0 Å². The number of carbonyl (C=O) groups excluding carboxylic acids is 1. The SMILES string of the molecule is CC(C)c1c(C(=O)Nc2cnn(CCN(C)C)c2)cnn1-c1ccc(F)cc1. The Morgan fingerprint density at radius 2 is 1.89 bits per heavy atom. The number of halogens is 1. The van der Waals surface area contributed by atoms with E-state index in [0.717, 1.165) is 18.8 Å². The molecule has 1 amide bonds. The van der Waals surface area contributed by atoms with Crippen LogP contribution in [-0.2, 0) is 6.54 Å². The highest BCUT2D eigenvalue weighted by Gasteiger charge is 2.21. The van der Waals surface area contributed by atoms with Crippen molar-refractivity contribution in [3.63, 3.8) is 0 Å². The average molecular weight is 384 g/mol. The van der Waals surface area contributed by atoms with E-state index in [1.54, 1.807) is 40.1 Å². The fourth-order valence-electron chi connectivity index (χ4n) is 2.93. The van der Waals surface area contributed by atoms with E-state index in [9.17, 15) is 9.18 Å². The minimum absolute atomic E-state index is 0.0520. The first-order chi connectivity index (χ1) is 13.3. The summed E-state index contributed by atoms with van der Waals surface area (Å²) in [5, 5.41) is 11.5. The summed E-state index contributed by atoms with van der Waals surface area (Å²) in [7, 11) is 4.00. The van der Waals surface area contributed by atoms with E-state index in [0.29, 0.717) is 16.9 Å². The Labute approximate surface area is 163 Å². The van der Waals surface area contributed by atoms with E-state index in [-0.39, 0.29) is 17.6 Å². The number of nitrogens with zero attached hydrogens (tertiary/aromatic N) is 5. The predicted octanol–water partition coefficient (Wildman–Crippen LogP) is 3.15. The molecule has 3 aromatic rings. The summed E-state index contributed by atoms with van der Waals surface area (Å²) < 4.78 is 16.7. The highest BCUT2D eigenvalue weighted by atomic mass is 19.1. The molecule has 2 aromatic heterocycles. The first-order valence-electron chi connectivity index (χ1n) is 9.17. The zero-order valence-electron chi connectivity index (χ0n) is 16.6. The van der Waals surface area contributed by atoms with Crippen LogP contribution in [0.25, 0.3) is 5.69 Å². The zero-order valence-corrected chi connectivity index (χ0v) is 16.6. The Hall–Kier alpha value is -3.00. The number of benzene rings is 1. The fourth-order valence-corrected chi connectivity index (χ4v) is 2.93. The van der Waals surface area contributed by atoms with E-state index in [1.807, 2.05) is 27.9 Å². The van der Waals surface area contributed by atoms with Crippen LogP contribution in [-0.4, -0.2) is 51.0 Å². The number of hydrogen-bond donors (Lipinski definition) is 1. The maximum atomic E-state index is 13.2. The van der Waals surface area contributed by atoms with Crippen molar-refractivity contribution in [2.75, 3.05) is 26.0 Å². The third-order valence-electron chi connectivity index (χ3n) is 4.34. The fraction of sp³-hybridized carbons (Fsp3) is 0.350. The lowest BCUT2D eigenvalue weighted by Gasteiger charge is -2.12. The molecule has 8 heteroatoms. The van der Waals surface area contributed by atoms with Crippen LogP contribution in [0, 0.1) is 5.82 Å². The molecular weight excluding hydrogens is 359 g/mol. The Balaban J connectivity index is 1.81. The second kappa shape index (κ2) is 8.35. The largest absolute Gasteiger partial charge is 0.319 e. The highest BCUT2D eigenvalue weighted by molar-refractivity contribution is 6.05. The maximum Gasteiger partial charge on any atom is 0.259 e. The molecular formula is C20H25FN6O. The molecule has 0 atom stereocenters. The van der Waals surface area contributed by atoms with Crippen molar-refractivity contribution in [3.8, 4) is 5.69 Å². The molecule has 148 valence electrons. The lowest BCUT2D eigenvalue weighted by Crippen LogP contribution is -2.18. The minimum Gasteiger partial charge on any atom is -0.319 e. The molecule has 0 spiro atoms. The van der Waals surface area contributed by atoms with Gasteiger partial charge in [-0.25, -0.2) is 9.07 Å². The van der Waals surface area contributed by atoms with Gasteiger partial charge in [0.25, 0.3) is 5.91 Å². The Morgan fingerprint density at radius 1 is 1.18 bits per heavy atom. The molecule has 0 saturated heterocycles. The van der Waals surface area contributed by atoms with Crippen LogP contribution in [0.2, 0.25) is 0 Å². The van der Waals surface area contributed by atoms with Gasteiger partial charge in [-0.1, -0.05) is 13.8 Å². The van der Waals surface area contributed by atoms with Gasteiger partial charge in [0.15, 0.2) is 0 Å². The van der Waals surface area contributed by atoms with E-state index in [4.69, 9.17) is 0 Å². The number of nitrogens with one attached hydrogen (secondary N) is 1. The van der Waals surface area contributed by atoms with Crippen molar-refractivity contribution in [3.05, 3.63) is 59.9 Å². The summed E-state index contributed by atoms with van der Waals surface area (Å²) in [6.45, 7) is 5.58. The minimum atomic E-state index is -0.314. The number of likely N-dealkylation sites (N-methyl/N-ethyl adjacent to an activating group) is 1. The molecule has 0 unspecified atom stereocenters. The van der Waals surface area contributed by atoms with Gasteiger partial charge in [-0.15, -0.1) is 0 Å². The molecule has 7 nitrogen and oxygen atoms in total. The highest BCUT2D eigenvalue weighted by Crippen LogP contribution is 2.24. The summed E-state index contributed by atoms with van der Waals surface area (Å²) in [4.78, 5) is 14.9. The molecule has 0 aliphatic carbocycles. The Morgan fingerprint density at radius 3 is 2.54 bits per heavy atom. The maximum absolute atomic E-state index is 13.2. The lowest BCUT2D eigenvalue weighted by molar-refractivity contribution is 0.102. The predicted molar refractivity (Wildman–Crippen MR) is 106 cm³/mol. The summed E-state index contributed by atoms with van der Waals surface area (Å²) in [6, 6.07) is 6.04. The van der Waals surface area contributed by atoms with Gasteiger partial charge < -0.3 is 10.2 Å². The summed E-state index contributed by atoms with van der Waals surface area (Å²) in [5.41, 5.74) is 2.60. The van der Waals surface area contributed by atoms with Crippen molar-refractivity contribution in [2.24, 2.45) is 0 Å². The first kappa shape index (κ1) is 19.8. The van der Waals surface area contributed by atoms with Crippen molar-refractivity contribution >= 4 is 11.6 Å². The quantitative estimate of drug-likeness (QED) is 0.680. The van der Waals surface area contributed by atoms with Crippen molar-refractivity contribution in [1.82, 2.24) is 24.5 Å². The second-order valence-electron chi connectivity index (χ2n) is 7.24. The smallest absolute Gasteiger partial charge is 0.259 e. The van der Waals surface area contributed by atoms with Gasteiger partial charge >= 0.3 is 0 Å². The van der Waals surface area contributed by atoms with Crippen LogP contribution in [0.5, 0.6) is 0 Å². The summed E-state index contributed by atoms with van der Waals surface area (Å²) in [5.74, 6) is -0.508. The molecule has 0 bridgehead atoms. The normalized spacial score (nSPS) is 11.4. The molecule has 2 heterocycles. The first-order valence-corrected chi connectivity index (χ1v) is 9.17. The second-order valence-corrected chi connectivity index (χ2v) is 7.24. The van der Waals surface area contributed by atoms with Crippen molar-refractivity contribution in [1.29, 1.82) is 0 Å².